The molecule has 0 amide bonds. The summed E-state index contributed by atoms with van der Waals surface area (Å²) >= 11 is 1.96. The van der Waals surface area contributed by atoms with Crippen LogP contribution in [-0.4, -0.2) is 0 Å². The van der Waals surface area contributed by atoms with Crippen LogP contribution in [0.1, 0.15) is 35.4 Å². The molecule has 0 atom stereocenters. The molecule has 0 fully saturated rings. The van der Waals surface area contributed by atoms with Crippen molar-refractivity contribution in [2.24, 2.45) is 0 Å². The van der Waals surface area contributed by atoms with E-state index in [-0.39, 0.29) is 5.41 Å². The van der Waals surface area contributed by atoms with Gasteiger partial charge in [-0.2, -0.15) is 0 Å². The Bertz CT molecular complexity index is 2590. The van der Waals surface area contributed by atoms with Gasteiger partial charge in [0, 0.05) is 43.0 Å². The van der Waals surface area contributed by atoms with E-state index in [0.29, 0.717) is 0 Å². The molecule has 2 aliphatic carbocycles. The molecule has 49 heavy (non-hydrogen) atoms. The van der Waals surface area contributed by atoms with Gasteiger partial charge in [0.1, 0.15) is 0 Å². The van der Waals surface area contributed by atoms with E-state index >= 15 is 0 Å². The molecular formula is C47H35NS. The number of nitrogens with zero attached hydrogens (tertiary/aromatic N) is 1. The van der Waals surface area contributed by atoms with Crippen molar-refractivity contribution < 1.29 is 0 Å². The third-order valence-corrected chi connectivity index (χ3v) is 12.2. The number of fused-ring (bicyclic) bond motifs is 9. The summed E-state index contributed by atoms with van der Waals surface area (Å²) in [6.07, 6.45) is 2.15. The molecule has 10 rings (SSSR count). The van der Waals surface area contributed by atoms with Crippen LogP contribution >= 0.6 is 11.3 Å². The molecule has 0 unspecified atom stereocenters. The molecule has 0 saturated heterocycles. The van der Waals surface area contributed by atoms with Crippen LogP contribution in [0.4, 0.5) is 17.1 Å². The van der Waals surface area contributed by atoms with Crippen LogP contribution in [0.2, 0.25) is 0 Å². The molecule has 0 aliphatic heterocycles. The Hall–Kier alpha value is -5.44. The average molecular weight is 646 g/mol. The van der Waals surface area contributed by atoms with Crippen LogP contribution in [-0.2, 0) is 18.3 Å². The molecule has 0 bridgehead atoms. The Labute approximate surface area is 291 Å². The lowest BCUT2D eigenvalue weighted by molar-refractivity contribution is 0.660. The van der Waals surface area contributed by atoms with Gasteiger partial charge in [-0.25, -0.2) is 0 Å². The number of benzene rings is 7. The lowest BCUT2D eigenvalue weighted by Crippen LogP contribution is -2.15. The van der Waals surface area contributed by atoms with Gasteiger partial charge in [-0.1, -0.05) is 117 Å². The van der Waals surface area contributed by atoms with Crippen molar-refractivity contribution in [3.63, 3.8) is 0 Å². The summed E-state index contributed by atoms with van der Waals surface area (Å²) in [5, 5.41) is 3.92. The van der Waals surface area contributed by atoms with Crippen LogP contribution < -0.4 is 4.90 Å². The van der Waals surface area contributed by atoms with Crippen molar-refractivity contribution in [3.8, 4) is 33.4 Å². The zero-order valence-electron chi connectivity index (χ0n) is 27.7. The SMILES string of the molecule is CC1(C)c2ccccc2-c2cc(N(c3ccc(-c4ccc5ccccc5c4)cc3)c3ccc4c(c3)CCc3sc5ccccc5c3-4)ccc21. The minimum Gasteiger partial charge on any atom is -0.310 e. The Balaban J connectivity index is 1.12. The maximum atomic E-state index is 2.46. The quantitative estimate of drug-likeness (QED) is 0.184. The third-order valence-electron chi connectivity index (χ3n) is 10.9. The van der Waals surface area contributed by atoms with Gasteiger partial charge in [0.25, 0.3) is 0 Å². The first kappa shape index (κ1) is 28.6. The average Bonchev–Trinajstić information content (AvgIpc) is 3.64. The van der Waals surface area contributed by atoms with Gasteiger partial charge in [0.2, 0.25) is 0 Å². The second-order valence-electron chi connectivity index (χ2n) is 14.1. The predicted octanol–water partition coefficient (Wildman–Crippen LogP) is 13.3. The summed E-state index contributed by atoms with van der Waals surface area (Å²) < 4.78 is 1.39. The summed E-state index contributed by atoms with van der Waals surface area (Å²) in [6.45, 7) is 4.71. The van der Waals surface area contributed by atoms with E-state index in [4.69, 9.17) is 0 Å². The van der Waals surface area contributed by atoms with Gasteiger partial charge in [-0.05, 0) is 117 Å². The highest BCUT2D eigenvalue weighted by molar-refractivity contribution is 7.19. The first-order chi connectivity index (χ1) is 24.0. The largest absolute Gasteiger partial charge is 0.310 e. The molecule has 0 radical (unpaired) electrons. The van der Waals surface area contributed by atoms with E-state index in [1.165, 1.54) is 87.2 Å². The number of thiophene rings is 1. The van der Waals surface area contributed by atoms with Crippen LogP contribution in [0.25, 0.3) is 54.2 Å². The van der Waals surface area contributed by atoms with Crippen molar-refractivity contribution in [2.45, 2.75) is 32.1 Å². The molecule has 0 N–H and O–H groups in total. The van der Waals surface area contributed by atoms with Crippen LogP contribution in [0.15, 0.2) is 152 Å². The van der Waals surface area contributed by atoms with E-state index in [9.17, 15) is 0 Å². The molecule has 0 saturated carbocycles. The summed E-state index contributed by atoms with van der Waals surface area (Å²) in [6, 6.07) is 56.6. The van der Waals surface area contributed by atoms with Crippen molar-refractivity contribution in [3.05, 3.63) is 173 Å². The molecule has 1 nitrogen and oxygen atoms in total. The summed E-state index contributed by atoms with van der Waals surface area (Å²) in [4.78, 5) is 3.97. The summed E-state index contributed by atoms with van der Waals surface area (Å²) in [5.74, 6) is 0. The molecule has 1 aromatic heterocycles. The minimum atomic E-state index is -0.0242. The third kappa shape index (κ3) is 4.44. The van der Waals surface area contributed by atoms with Crippen molar-refractivity contribution in [2.75, 3.05) is 4.90 Å². The number of hydrogen-bond donors (Lipinski definition) is 0. The fourth-order valence-corrected chi connectivity index (χ4v) is 9.67. The number of hydrogen-bond acceptors (Lipinski definition) is 2. The summed E-state index contributed by atoms with van der Waals surface area (Å²) in [7, 11) is 0. The van der Waals surface area contributed by atoms with Gasteiger partial charge in [-0.3, -0.25) is 0 Å². The topological polar surface area (TPSA) is 3.24 Å². The van der Waals surface area contributed by atoms with E-state index in [0.717, 1.165) is 18.5 Å². The molecular weight excluding hydrogens is 611 g/mol. The Morgan fingerprint density at radius 2 is 1.20 bits per heavy atom. The monoisotopic (exact) mass is 645 g/mol. The fraction of sp³-hybridized carbons (Fsp3) is 0.106. The van der Waals surface area contributed by atoms with Crippen molar-refractivity contribution >= 4 is 49.3 Å². The second-order valence-corrected chi connectivity index (χ2v) is 15.2. The van der Waals surface area contributed by atoms with Gasteiger partial charge in [0.15, 0.2) is 0 Å². The summed E-state index contributed by atoms with van der Waals surface area (Å²) in [5.41, 5.74) is 15.7. The van der Waals surface area contributed by atoms with Gasteiger partial charge in [0.05, 0.1) is 0 Å². The van der Waals surface area contributed by atoms with Crippen LogP contribution in [0.3, 0.4) is 0 Å². The van der Waals surface area contributed by atoms with Crippen molar-refractivity contribution in [1.29, 1.82) is 0 Å². The Morgan fingerprint density at radius 3 is 2.10 bits per heavy atom. The lowest BCUT2D eigenvalue weighted by atomic mass is 9.82. The number of rotatable bonds is 4. The highest BCUT2D eigenvalue weighted by Crippen LogP contribution is 2.51. The first-order valence-corrected chi connectivity index (χ1v) is 18.1. The zero-order chi connectivity index (χ0) is 32.7. The van der Waals surface area contributed by atoms with Crippen LogP contribution in [0, 0.1) is 0 Å². The normalized spacial score (nSPS) is 13.9. The Morgan fingerprint density at radius 1 is 0.510 bits per heavy atom. The first-order valence-electron chi connectivity index (χ1n) is 17.3. The molecule has 2 aliphatic rings. The highest BCUT2D eigenvalue weighted by Gasteiger charge is 2.35. The fourth-order valence-electron chi connectivity index (χ4n) is 8.45. The van der Waals surface area contributed by atoms with Crippen LogP contribution in [0.5, 0.6) is 0 Å². The Kier molecular flexibility index (Phi) is 6.29. The van der Waals surface area contributed by atoms with E-state index < -0.39 is 0 Å². The van der Waals surface area contributed by atoms with E-state index in [1.54, 1.807) is 0 Å². The van der Waals surface area contributed by atoms with E-state index in [2.05, 4.69) is 170 Å². The molecule has 7 aromatic carbocycles. The maximum absolute atomic E-state index is 2.46. The molecule has 0 spiro atoms. The molecule has 234 valence electrons. The molecule has 1 heterocycles. The zero-order valence-corrected chi connectivity index (χ0v) is 28.5. The molecule has 2 heteroatoms. The van der Waals surface area contributed by atoms with Gasteiger partial charge < -0.3 is 4.90 Å². The minimum absolute atomic E-state index is 0.0242. The smallest absolute Gasteiger partial charge is 0.0468 e. The van der Waals surface area contributed by atoms with E-state index in [1.807, 2.05) is 11.3 Å². The molecule has 8 aromatic rings. The second kappa shape index (κ2) is 10.8. The number of anilines is 3. The lowest BCUT2D eigenvalue weighted by Gasteiger charge is -2.29. The highest BCUT2D eigenvalue weighted by atomic mass is 32.1. The van der Waals surface area contributed by atoms with Gasteiger partial charge >= 0.3 is 0 Å². The van der Waals surface area contributed by atoms with Gasteiger partial charge in [-0.15, -0.1) is 11.3 Å². The predicted molar refractivity (Wildman–Crippen MR) is 210 cm³/mol. The maximum Gasteiger partial charge on any atom is 0.0468 e. The number of aryl methyl sites for hydroxylation is 2. The van der Waals surface area contributed by atoms with Crippen molar-refractivity contribution in [1.82, 2.24) is 0 Å². The standard InChI is InChI=1S/C47H35NS/c1-47(2)42-13-7-5-11-39(42)41-29-37(23-25-43(41)47)48(35-20-17-31(18-21-35)33-16-15-30-9-3-4-10-32(30)27-33)36-22-24-38-34(28-36)19-26-45-46(38)40-12-6-8-14-44(40)49-45/h3-18,20-25,27-29H,19,26H2,1-2H3.